The molecule has 2 heterocycles. The molecular formula is C22H21N5O. The van der Waals surface area contributed by atoms with Crippen molar-refractivity contribution in [2.45, 2.75) is 20.3 Å². The van der Waals surface area contributed by atoms with E-state index >= 15 is 0 Å². The van der Waals surface area contributed by atoms with Gasteiger partial charge in [-0.25, -0.2) is 5.43 Å². The van der Waals surface area contributed by atoms with Crippen LogP contribution in [0.15, 0.2) is 59.7 Å². The van der Waals surface area contributed by atoms with E-state index in [9.17, 15) is 4.79 Å². The van der Waals surface area contributed by atoms with Crippen molar-refractivity contribution in [2.24, 2.45) is 5.10 Å². The Kier molecular flexibility index (Phi) is 4.76. The van der Waals surface area contributed by atoms with Gasteiger partial charge in [0.1, 0.15) is 5.69 Å². The van der Waals surface area contributed by atoms with Crippen molar-refractivity contribution >= 4 is 23.0 Å². The number of nitrogens with one attached hydrogen (secondary N) is 3. The van der Waals surface area contributed by atoms with Gasteiger partial charge in [0.05, 0.1) is 11.9 Å². The van der Waals surface area contributed by atoms with Crippen LogP contribution in [-0.4, -0.2) is 27.3 Å². The molecule has 0 radical (unpaired) electrons. The lowest BCUT2D eigenvalue weighted by atomic mass is 10.1. The van der Waals surface area contributed by atoms with Crippen molar-refractivity contribution in [3.8, 4) is 11.3 Å². The summed E-state index contributed by atoms with van der Waals surface area (Å²) in [7, 11) is 0. The van der Waals surface area contributed by atoms with Gasteiger partial charge in [0.2, 0.25) is 0 Å². The number of H-pyrrole nitrogens is 2. The number of para-hydroxylation sites is 1. The number of hydrogen-bond acceptors (Lipinski definition) is 3. The molecule has 0 aliphatic rings. The Hall–Kier alpha value is -3.67. The van der Waals surface area contributed by atoms with E-state index in [-0.39, 0.29) is 5.91 Å². The number of nitrogens with zero attached hydrogens (tertiary/aromatic N) is 2. The summed E-state index contributed by atoms with van der Waals surface area (Å²) in [6.07, 6.45) is 2.65. The first-order chi connectivity index (χ1) is 13.7. The van der Waals surface area contributed by atoms with Crippen LogP contribution in [0.4, 0.5) is 0 Å². The van der Waals surface area contributed by atoms with E-state index in [1.807, 2.05) is 43.3 Å². The maximum atomic E-state index is 12.4. The van der Waals surface area contributed by atoms with Crippen LogP contribution in [0.2, 0.25) is 0 Å². The number of carbonyl (C=O) groups is 1. The summed E-state index contributed by atoms with van der Waals surface area (Å²) in [5.41, 5.74) is 8.87. The van der Waals surface area contributed by atoms with E-state index in [1.165, 1.54) is 5.56 Å². The summed E-state index contributed by atoms with van der Waals surface area (Å²) in [6.45, 7) is 4.10. The Balaban J connectivity index is 1.47. The molecule has 4 aromatic rings. The second kappa shape index (κ2) is 7.52. The van der Waals surface area contributed by atoms with E-state index in [1.54, 1.807) is 12.3 Å². The lowest BCUT2D eigenvalue weighted by molar-refractivity contribution is 0.0950. The van der Waals surface area contributed by atoms with Gasteiger partial charge in [0.25, 0.3) is 5.91 Å². The van der Waals surface area contributed by atoms with Crippen LogP contribution in [0.5, 0.6) is 0 Å². The zero-order valence-corrected chi connectivity index (χ0v) is 15.8. The molecular weight excluding hydrogens is 350 g/mol. The third kappa shape index (κ3) is 3.44. The molecule has 0 aliphatic carbocycles. The van der Waals surface area contributed by atoms with Gasteiger partial charge in [-0.15, -0.1) is 0 Å². The Morgan fingerprint density at radius 2 is 1.96 bits per heavy atom. The highest BCUT2D eigenvalue weighted by molar-refractivity contribution is 6.01. The average molecular weight is 371 g/mol. The summed E-state index contributed by atoms with van der Waals surface area (Å²) in [5, 5.41) is 12.2. The highest BCUT2D eigenvalue weighted by Crippen LogP contribution is 2.20. The smallest absolute Gasteiger partial charge is 0.289 e. The van der Waals surface area contributed by atoms with Gasteiger partial charge in [-0.05, 0) is 31.0 Å². The van der Waals surface area contributed by atoms with Crippen molar-refractivity contribution in [1.29, 1.82) is 0 Å². The highest BCUT2D eigenvalue weighted by Gasteiger charge is 2.11. The molecule has 0 atom stereocenters. The van der Waals surface area contributed by atoms with Gasteiger partial charge in [0, 0.05) is 27.7 Å². The molecule has 0 saturated carbocycles. The second-order valence-electron chi connectivity index (χ2n) is 6.63. The van der Waals surface area contributed by atoms with Crippen LogP contribution in [0, 0.1) is 6.92 Å². The number of amides is 1. The minimum absolute atomic E-state index is 0.335. The molecule has 4 rings (SSSR count). The third-order valence-corrected chi connectivity index (χ3v) is 4.78. The molecule has 6 heteroatoms. The zero-order valence-electron chi connectivity index (χ0n) is 15.8. The Morgan fingerprint density at radius 1 is 1.18 bits per heavy atom. The fourth-order valence-corrected chi connectivity index (χ4v) is 3.18. The lowest BCUT2D eigenvalue weighted by Gasteiger charge is -1.98. The lowest BCUT2D eigenvalue weighted by Crippen LogP contribution is -2.18. The predicted molar refractivity (Wildman–Crippen MR) is 111 cm³/mol. The number of aromatic nitrogens is 3. The Labute approximate surface area is 162 Å². The topological polar surface area (TPSA) is 85.9 Å². The summed E-state index contributed by atoms with van der Waals surface area (Å²) in [6, 6.07) is 17.9. The highest BCUT2D eigenvalue weighted by atomic mass is 16.2. The SMILES string of the molecule is CCc1ccc(-c2cc(C(=O)N/N=C\c3c(C)[nH]c4ccccc34)[nH]n2)cc1. The first-order valence-corrected chi connectivity index (χ1v) is 9.21. The molecule has 2 aromatic heterocycles. The molecule has 6 nitrogen and oxygen atoms in total. The molecule has 0 unspecified atom stereocenters. The van der Waals surface area contributed by atoms with Gasteiger partial charge in [0.15, 0.2) is 0 Å². The van der Waals surface area contributed by atoms with Gasteiger partial charge in [-0.2, -0.15) is 10.2 Å². The molecule has 0 bridgehead atoms. The molecule has 0 spiro atoms. The predicted octanol–water partition coefficient (Wildman–Crippen LogP) is 4.19. The molecule has 140 valence electrons. The largest absolute Gasteiger partial charge is 0.358 e. The summed E-state index contributed by atoms with van der Waals surface area (Å²) >= 11 is 0. The van der Waals surface area contributed by atoms with Crippen molar-refractivity contribution in [3.05, 3.63) is 77.1 Å². The van der Waals surface area contributed by atoms with Crippen molar-refractivity contribution in [2.75, 3.05) is 0 Å². The number of hydrazone groups is 1. The van der Waals surface area contributed by atoms with Gasteiger partial charge in [-0.3, -0.25) is 9.89 Å². The molecule has 0 fully saturated rings. The van der Waals surface area contributed by atoms with Gasteiger partial charge in [-0.1, -0.05) is 49.4 Å². The number of benzene rings is 2. The van der Waals surface area contributed by atoms with Crippen LogP contribution in [0.1, 0.15) is 34.2 Å². The fourth-order valence-electron chi connectivity index (χ4n) is 3.18. The Bertz CT molecular complexity index is 1150. The van der Waals surface area contributed by atoms with Crippen molar-refractivity contribution in [3.63, 3.8) is 0 Å². The quantitative estimate of drug-likeness (QED) is 0.363. The average Bonchev–Trinajstić information content (AvgIpc) is 3.33. The molecule has 28 heavy (non-hydrogen) atoms. The maximum Gasteiger partial charge on any atom is 0.289 e. The monoisotopic (exact) mass is 371 g/mol. The zero-order chi connectivity index (χ0) is 19.5. The number of aryl methyl sites for hydroxylation is 2. The van der Waals surface area contributed by atoms with E-state index < -0.39 is 0 Å². The number of carbonyl (C=O) groups excluding carboxylic acids is 1. The summed E-state index contributed by atoms with van der Waals surface area (Å²) in [5.74, 6) is -0.335. The van der Waals surface area contributed by atoms with Crippen LogP contribution in [0.25, 0.3) is 22.2 Å². The molecule has 1 amide bonds. The normalized spacial score (nSPS) is 11.4. The van der Waals surface area contributed by atoms with Crippen LogP contribution in [0.3, 0.4) is 0 Å². The fraction of sp³-hybridized carbons (Fsp3) is 0.136. The van der Waals surface area contributed by atoms with Crippen LogP contribution < -0.4 is 5.43 Å². The van der Waals surface area contributed by atoms with Crippen LogP contribution in [-0.2, 0) is 6.42 Å². The second-order valence-corrected chi connectivity index (χ2v) is 6.63. The first kappa shape index (κ1) is 17.7. The van der Waals surface area contributed by atoms with Crippen molar-refractivity contribution < 1.29 is 4.79 Å². The molecule has 2 aromatic carbocycles. The van der Waals surface area contributed by atoms with E-state index in [4.69, 9.17) is 0 Å². The van der Waals surface area contributed by atoms with Gasteiger partial charge < -0.3 is 4.98 Å². The number of aromatic amines is 2. The minimum Gasteiger partial charge on any atom is -0.358 e. The van der Waals surface area contributed by atoms with E-state index in [0.29, 0.717) is 5.69 Å². The summed E-state index contributed by atoms with van der Waals surface area (Å²) in [4.78, 5) is 15.7. The number of rotatable bonds is 5. The minimum atomic E-state index is -0.335. The number of hydrogen-bond donors (Lipinski definition) is 3. The molecule has 0 saturated heterocycles. The van der Waals surface area contributed by atoms with Crippen molar-refractivity contribution in [1.82, 2.24) is 20.6 Å². The number of fused-ring (bicyclic) bond motifs is 1. The third-order valence-electron chi connectivity index (χ3n) is 4.78. The molecule has 0 aliphatic heterocycles. The molecule has 3 N–H and O–H groups in total. The first-order valence-electron chi connectivity index (χ1n) is 9.21. The standard InChI is InChI=1S/C22H21N5O/c1-3-15-8-10-16(11-9-15)20-12-21(26-25-20)22(28)27-23-13-18-14(2)24-19-7-5-4-6-17(18)19/h4-13,24H,3H2,1-2H3,(H,25,26)(H,27,28)/b23-13-. The van der Waals surface area contributed by atoms with E-state index in [0.717, 1.165) is 39.8 Å². The maximum absolute atomic E-state index is 12.4. The van der Waals surface area contributed by atoms with Crippen LogP contribution >= 0.6 is 0 Å². The Morgan fingerprint density at radius 3 is 2.75 bits per heavy atom. The summed E-state index contributed by atoms with van der Waals surface area (Å²) < 4.78 is 0. The van der Waals surface area contributed by atoms with Gasteiger partial charge >= 0.3 is 0 Å². The van der Waals surface area contributed by atoms with E-state index in [2.05, 4.69) is 44.8 Å².